The first-order chi connectivity index (χ1) is 13.1. The Hall–Kier alpha value is -2.34. The highest BCUT2D eigenvalue weighted by Gasteiger charge is 2.22. The van der Waals surface area contributed by atoms with Gasteiger partial charge in [0.25, 0.3) is 0 Å². The van der Waals surface area contributed by atoms with Gasteiger partial charge in [0.1, 0.15) is 23.4 Å². The lowest BCUT2D eigenvalue weighted by atomic mass is 9.86. The van der Waals surface area contributed by atoms with Gasteiger partial charge in [0.05, 0.1) is 0 Å². The molecule has 27 heavy (non-hydrogen) atoms. The van der Waals surface area contributed by atoms with Crippen molar-refractivity contribution in [2.45, 2.75) is 45.3 Å². The van der Waals surface area contributed by atoms with Crippen LogP contribution in [-0.4, -0.2) is 28.6 Å². The number of alkyl carbamates (subject to hydrolysis) is 1. The van der Waals surface area contributed by atoms with Gasteiger partial charge in [-0.1, -0.05) is 41.9 Å². The summed E-state index contributed by atoms with van der Waals surface area (Å²) in [6, 6.07) is 11.8. The Bertz CT molecular complexity index is 729. The molecule has 0 unspecified atom stereocenters. The van der Waals surface area contributed by atoms with Crippen molar-refractivity contribution in [3.8, 4) is 0 Å². The molecule has 6 nitrogen and oxygen atoms in total. The van der Waals surface area contributed by atoms with Crippen molar-refractivity contribution >= 4 is 23.5 Å². The van der Waals surface area contributed by atoms with Gasteiger partial charge in [0.2, 0.25) is 0 Å². The number of aromatic nitrogens is 2. The van der Waals surface area contributed by atoms with Gasteiger partial charge in [0.15, 0.2) is 0 Å². The summed E-state index contributed by atoms with van der Waals surface area (Å²) in [6.07, 6.45) is 3.81. The number of hydrogen-bond acceptors (Lipinski definition) is 5. The Kier molecular flexibility index (Phi) is 6.87. The lowest BCUT2D eigenvalue weighted by molar-refractivity contribution is 0.136. The fourth-order valence-corrected chi connectivity index (χ4v) is 3.55. The van der Waals surface area contributed by atoms with Crippen LogP contribution in [0.3, 0.4) is 0 Å². The van der Waals surface area contributed by atoms with Crippen LogP contribution in [-0.2, 0) is 11.3 Å². The van der Waals surface area contributed by atoms with Gasteiger partial charge in [-0.05, 0) is 44.1 Å². The number of hydrogen-bond donors (Lipinski definition) is 2. The number of benzene rings is 1. The third-order valence-corrected chi connectivity index (χ3v) is 4.95. The van der Waals surface area contributed by atoms with Crippen molar-refractivity contribution in [3.05, 3.63) is 52.9 Å². The molecule has 1 heterocycles. The van der Waals surface area contributed by atoms with Crippen LogP contribution in [0.25, 0.3) is 0 Å². The van der Waals surface area contributed by atoms with E-state index in [0.717, 1.165) is 37.1 Å². The normalized spacial score (nSPS) is 19.3. The highest BCUT2D eigenvalue weighted by molar-refractivity contribution is 6.29. The summed E-state index contributed by atoms with van der Waals surface area (Å²) in [5.41, 5.74) is 0.985. The molecule has 144 valence electrons. The summed E-state index contributed by atoms with van der Waals surface area (Å²) >= 11 is 5.98. The zero-order chi connectivity index (χ0) is 19.1. The van der Waals surface area contributed by atoms with Crippen LogP contribution < -0.4 is 10.6 Å². The lowest BCUT2D eigenvalue weighted by Gasteiger charge is -2.29. The van der Waals surface area contributed by atoms with Crippen LogP contribution in [0, 0.1) is 12.8 Å². The molecule has 3 rings (SSSR count). The Labute approximate surface area is 164 Å². The van der Waals surface area contributed by atoms with Gasteiger partial charge < -0.3 is 15.4 Å². The number of halogens is 1. The van der Waals surface area contributed by atoms with E-state index in [1.807, 2.05) is 37.3 Å². The monoisotopic (exact) mass is 388 g/mol. The van der Waals surface area contributed by atoms with E-state index in [1.165, 1.54) is 0 Å². The number of anilines is 1. The summed E-state index contributed by atoms with van der Waals surface area (Å²) in [6.45, 7) is 2.78. The molecule has 1 aromatic heterocycles. The van der Waals surface area contributed by atoms with E-state index in [9.17, 15) is 4.79 Å². The number of nitrogens with one attached hydrogen (secondary N) is 2. The van der Waals surface area contributed by atoms with E-state index < -0.39 is 0 Å². The second kappa shape index (κ2) is 9.55. The third kappa shape index (κ3) is 6.40. The number of amides is 1. The molecule has 0 spiro atoms. The highest BCUT2D eigenvalue weighted by atomic mass is 35.5. The zero-order valence-electron chi connectivity index (χ0n) is 15.5. The van der Waals surface area contributed by atoms with E-state index in [0.29, 0.717) is 36.1 Å². The maximum Gasteiger partial charge on any atom is 0.407 e. The van der Waals surface area contributed by atoms with E-state index in [2.05, 4.69) is 20.6 Å². The number of carbonyl (C=O) groups excluding carboxylic acids is 1. The lowest BCUT2D eigenvalue weighted by Crippen LogP contribution is -2.34. The average Bonchev–Trinajstić information content (AvgIpc) is 2.66. The van der Waals surface area contributed by atoms with Crippen LogP contribution in [0.5, 0.6) is 0 Å². The molecular formula is C20H25ClN4O2. The zero-order valence-corrected chi connectivity index (χ0v) is 16.2. The predicted molar refractivity (Wildman–Crippen MR) is 106 cm³/mol. The molecule has 7 heteroatoms. The first kappa shape index (κ1) is 19.4. The minimum Gasteiger partial charge on any atom is -0.445 e. The molecular weight excluding hydrogens is 364 g/mol. The van der Waals surface area contributed by atoms with Crippen molar-refractivity contribution in [1.82, 2.24) is 15.3 Å². The summed E-state index contributed by atoms with van der Waals surface area (Å²) in [7, 11) is 0. The molecule has 2 N–H and O–H groups in total. The number of aryl methyl sites for hydroxylation is 1. The minimum absolute atomic E-state index is 0.296. The van der Waals surface area contributed by atoms with Crippen molar-refractivity contribution in [3.63, 3.8) is 0 Å². The molecule has 2 aromatic rings. The summed E-state index contributed by atoms with van der Waals surface area (Å²) in [5, 5.41) is 6.78. The van der Waals surface area contributed by atoms with Crippen LogP contribution >= 0.6 is 11.6 Å². The van der Waals surface area contributed by atoms with E-state index in [4.69, 9.17) is 16.3 Å². The molecule has 1 saturated carbocycles. The van der Waals surface area contributed by atoms with E-state index in [-0.39, 0.29) is 6.09 Å². The van der Waals surface area contributed by atoms with Gasteiger partial charge >= 0.3 is 6.09 Å². The number of rotatable bonds is 6. The minimum atomic E-state index is -0.356. The Morgan fingerprint density at radius 3 is 2.63 bits per heavy atom. The number of carbonyl (C=O) groups is 1. The summed E-state index contributed by atoms with van der Waals surface area (Å²) < 4.78 is 5.25. The quantitative estimate of drug-likeness (QED) is 0.720. The molecule has 1 fully saturated rings. The Morgan fingerprint density at radius 2 is 1.93 bits per heavy atom. The van der Waals surface area contributed by atoms with Gasteiger partial charge in [-0.25, -0.2) is 14.8 Å². The molecule has 1 aromatic carbocycles. The standard InChI is InChI=1S/C20H25ClN4O2/c1-14-23-18(21)11-19(24-14)25-17-9-7-15(8-10-17)12-22-20(26)27-13-16-5-3-2-4-6-16/h2-6,11,15,17H,7-10,12-13H2,1H3,(H,22,26)(H,23,24,25)/t15-,17+. The second-order valence-electron chi connectivity index (χ2n) is 6.93. The smallest absolute Gasteiger partial charge is 0.407 e. The molecule has 1 aliphatic carbocycles. The fraction of sp³-hybridized carbons (Fsp3) is 0.450. The van der Waals surface area contributed by atoms with Crippen molar-refractivity contribution < 1.29 is 9.53 Å². The van der Waals surface area contributed by atoms with Crippen LogP contribution in [0.1, 0.15) is 37.1 Å². The first-order valence-electron chi connectivity index (χ1n) is 9.31. The van der Waals surface area contributed by atoms with Gasteiger partial charge in [-0.3, -0.25) is 0 Å². The Balaban J connectivity index is 1.35. The molecule has 0 atom stereocenters. The Morgan fingerprint density at radius 1 is 1.19 bits per heavy atom. The van der Waals surface area contributed by atoms with Crippen LogP contribution in [0.4, 0.5) is 10.6 Å². The molecule has 0 saturated heterocycles. The second-order valence-corrected chi connectivity index (χ2v) is 7.31. The maximum absolute atomic E-state index is 11.9. The molecule has 0 aliphatic heterocycles. The van der Waals surface area contributed by atoms with Crippen molar-refractivity contribution in [2.24, 2.45) is 5.92 Å². The van der Waals surface area contributed by atoms with Crippen LogP contribution in [0.2, 0.25) is 5.15 Å². The van der Waals surface area contributed by atoms with Crippen molar-refractivity contribution in [1.29, 1.82) is 0 Å². The van der Waals surface area contributed by atoms with Crippen molar-refractivity contribution in [2.75, 3.05) is 11.9 Å². The fourth-order valence-electron chi connectivity index (χ4n) is 3.33. The van der Waals surface area contributed by atoms with E-state index >= 15 is 0 Å². The molecule has 0 radical (unpaired) electrons. The third-order valence-electron chi connectivity index (χ3n) is 4.75. The summed E-state index contributed by atoms with van der Waals surface area (Å²) in [4.78, 5) is 20.3. The number of nitrogens with zero attached hydrogens (tertiary/aromatic N) is 2. The first-order valence-corrected chi connectivity index (χ1v) is 9.68. The molecule has 1 aliphatic rings. The molecule has 0 bridgehead atoms. The molecule has 1 amide bonds. The maximum atomic E-state index is 11.9. The van der Waals surface area contributed by atoms with Gasteiger partial charge in [-0.15, -0.1) is 0 Å². The summed E-state index contributed by atoms with van der Waals surface area (Å²) in [5.74, 6) is 1.92. The predicted octanol–water partition coefficient (Wildman–Crippen LogP) is 4.34. The van der Waals surface area contributed by atoms with Gasteiger partial charge in [-0.2, -0.15) is 0 Å². The largest absolute Gasteiger partial charge is 0.445 e. The average molecular weight is 389 g/mol. The highest BCUT2D eigenvalue weighted by Crippen LogP contribution is 2.26. The van der Waals surface area contributed by atoms with Crippen LogP contribution in [0.15, 0.2) is 36.4 Å². The SMILES string of the molecule is Cc1nc(Cl)cc(N[C@H]2CC[C@@H](CNC(=O)OCc3ccccc3)CC2)n1. The topological polar surface area (TPSA) is 76.1 Å². The number of ether oxygens (including phenoxy) is 1. The van der Waals surface area contributed by atoms with Gasteiger partial charge in [0, 0.05) is 18.7 Å². The van der Waals surface area contributed by atoms with E-state index in [1.54, 1.807) is 6.07 Å².